The molecule has 4 aromatic rings. The van der Waals surface area contributed by atoms with E-state index < -0.39 is 4.92 Å². The summed E-state index contributed by atoms with van der Waals surface area (Å²) < 4.78 is 12.6. The molecule has 11 nitrogen and oxygen atoms in total. The highest BCUT2D eigenvalue weighted by Crippen LogP contribution is 2.34. The Morgan fingerprint density at radius 2 is 1.78 bits per heavy atom. The van der Waals surface area contributed by atoms with Crippen LogP contribution in [0.25, 0.3) is 17.1 Å². The predicted molar refractivity (Wildman–Crippen MR) is 139 cm³/mol. The maximum atomic E-state index is 12.4. The third-order valence-electron chi connectivity index (χ3n) is 5.13. The maximum Gasteiger partial charge on any atom is 0.269 e. The van der Waals surface area contributed by atoms with Crippen molar-refractivity contribution in [3.8, 4) is 28.6 Å². The molecule has 0 atom stereocenters. The fourth-order valence-electron chi connectivity index (χ4n) is 3.36. The first-order valence-corrected chi connectivity index (χ1v) is 11.9. The van der Waals surface area contributed by atoms with E-state index in [9.17, 15) is 14.9 Å². The third kappa shape index (κ3) is 6.11. The average Bonchev–Trinajstić information content (AvgIpc) is 3.36. The summed E-state index contributed by atoms with van der Waals surface area (Å²) in [6.07, 6.45) is 1.41. The van der Waals surface area contributed by atoms with Crippen LogP contribution in [-0.4, -0.2) is 51.8 Å². The van der Waals surface area contributed by atoms with Crippen LogP contribution in [0.2, 0.25) is 0 Å². The zero-order valence-corrected chi connectivity index (χ0v) is 20.7. The number of nitrogens with one attached hydrogen (secondary N) is 1. The zero-order chi connectivity index (χ0) is 26.2. The molecular formula is C25H22N6O5S. The van der Waals surface area contributed by atoms with Crippen molar-refractivity contribution in [3.63, 3.8) is 0 Å². The van der Waals surface area contributed by atoms with E-state index in [1.807, 2.05) is 47.0 Å². The van der Waals surface area contributed by atoms with Gasteiger partial charge in [0.1, 0.15) is 0 Å². The van der Waals surface area contributed by atoms with Crippen molar-refractivity contribution in [3.05, 3.63) is 88.5 Å². The lowest BCUT2D eigenvalue weighted by Gasteiger charge is -2.12. The Morgan fingerprint density at radius 1 is 1.05 bits per heavy atom. The van der Waals surface area contributed by atoms with Crippen LogP contribution in [0, 0.1) is 10.1 Å². The Labute approximate surface area is 216 Å². The first kappa shape index (κ1) is 25.4. The topological polar surface area (TPSA) is 134 Å². The number of carbonyl (C=O) groups excluding carboxylic acids is 1. The fourth-order valence-corrected chi connectivity index (χ4v) is 4.10. The summed E-state index contributed by atoms with van der Waals surface area (Å²) in [7, 11) is 3.13. The molecule has 37 heavy (non-hydrogen) atoms. The maximum absolute atomic E-state index is 12.4. The van der Waals surface area contributed by atoms with Crippen LogP contribution in [0.15, 0.2) is 83.1 Å². The molecule has 0 saturated heterocycles. The average molecular weight is 519 g/mol. The Hall–Kier alpha value is -4.71. The van der Waals surface area contributed by atoms with Crippen molar-refractivity contribution in [2.24, 2.45) is 5.10 Å². The standard InChI is InChI=1S/C25H22N6O5S/c1-35-21-13-10-18(14-22(21)36-2)24-28-29-25(30(24)19-6-4-3-5-7-19)37-16-23(32)27-26-15-17-8-11-20(12-9-17)31(33)34/h3-15H,16H2,1-2H3,(H,27,32)/b26-15+. The second-order valence-corrected chi connectivity index (χ2v) is 8.42. The Kier molecular flexibility index (Phi) is 8.11. The number of amides is 1. The molecule has 0 fully saturated rings. The summed E-state index contributed by atoms with van der Waals surface area (Å²) in [5.74, 6) is 1.42. The number of ether oxygens (including phenoxy) is 2. The van der Waals surface area contributed by atoms with Gasteiger partial charge in [0.2, 0.25) is 0 Å². The van der Waals surface area contributed by atoms with Gasteiger partial charge < -0.3 is 9.47 Å². The molecule has 0 aliphatic heterocycles. The molecule has 0 bridgehead atoms. The number of nitro groups is 1. The molecule has 0 radical (unpaired) electrons. The minimum absolute atomic E-state index is 0.0208. The molecule has 12 heteroatoms. The van der Waals surface area contributed by atoms with Crippen molar-refractivity contribution < 1.29 is 19.2 Å². The number of aromatic nitrogens is 3. The van der Waals surface area contributed by atoms with Crippen LogP contribution in [0.5, 0.6) is 11.5 Å². The minimum atomic E-state index is -0.481. The van der Waals surface area contributed by atoms with E-state index in [-0.39, 0.29) is 17.3 Å². The molecule has 1 aromatic heterocycles. The lowest BCUT2D eigenvalue weighted by atomic mass is 10.2. The first-order valence-electron chi connectivity index (χ1n) is 10.9. The number of thioether (sulfide) groups is 1. The van der Waals surface area contributed by atoms with Gasteiger partial charge in [-0.25, -0.2) is 5.43 Å². The number of nitro benzene ring substituents is 1. The molecule has 3 aromatic carbocycles. The highest BCUT2D eigenvalue weighted by molar-refractivity contribution is 7.99. The molecule has 1 N–H and O–H groups in total. The van der Waals surface area contributed by atoms with Gasteiger partial charge in [0.25, 0.3) is 11.6 Å². The van der Waals surface area contributed by atoms with Gasteiger partial charge in [-0.2, -0.15) is 5.10 Å². The summed E-state index contributed by atoms with van der Waals surface area (Å²) in [6, 6.07) is 20.9. The van der Waals surface area contributed by atoms with Crippen molar-refractivity contribution >= 4 is 29.6 Å². The van der Waals surface area contributed by atoms with E-state index >= 15 is 0 Å². The van der Waals surface area contributed by atoms with Gasteiger partial charge in [0.15, 0.2) is 22.5 Å². The van der Waals surface area contributed by atoms with Gasteiger partial charge >= 0.3 is 0 Å². The van der Waals surface area contributed by atoms with Crippen molar-refractivity contribution in [2.75, 3.05) is 20.0 Å². The number of non-ortho nitro benzene ring substituents is 1. The smallest absolute Gasteiger partial charge is 0.269 e. The van der Waals surface area contributed by atoms with Crippen LogP contribution in [0.3, 0.4) is 0 Å². The monoisotopic (exact) mass is 518 g/mol. The Morgan fingerprint density at radius 3 is 2.46 bits per heavy atom. The van der Waals surface area contributed by atoms with Crippen molar-refractivity contribution in [1.82, 2.24) is 20.2 Å². The van der Waals surface area contributed by atoms with Crippen molar-refractivity contribution in [1.29, 1.82) is 0 Å². The summed E-state index contributed by atoms with van der Waals surface area (Å²) in [6.45, 7) is 0. The number of carbonyl (C=O) groups is 1. The predicted octanol–water partition coefficient (Wildman–Crippen LogP) is 4.10. The van der Waals surface area contributed by atoms with Gasteiger partial charge in [-0.15, -0.1) is 10.2 Å². The number of hydrazone groups is 1. The molecular weight excluding hydrogens is 496 g/mol. The quantitative estimate of drug-likeness (QED) is 0.144. The van der Waals surface area contributed by atoms with Gasteiger partial charge in [0.05, 0.1) is 31.1 Å². The Balaban J connectivity index is 1.50. The second-order valence-electron chi connectivity index (χ2n) is 7.48. The van der Waals surface area contributed by atoms with Crippen LogP contribution in [0.1, 0.15) is 5.56 Å². The highest BCUT2D eigenvalue weighted by Gasteiger charge is 2.18. The van der Waals surface area contributed by atoms with Crippen LogP contribution in [0.4, 0.5) is 5.69 Å². The second kappa shape index (κ2) is 11.8. The molecule has 0 spiro atoms. The van der Waals surface area contributed by atoms with E-state index in [0.717, 1.165) is 11.3 Å². The van der Waals surface area contributed by atoms with Crippen LogP contribution < -0.4 is 14.9 Å². The Bertz CT molecular complexity index is 1420. The minimum Gasteiger partial charge on any atom is -0.493 e. The van der Waals surface area contributed by atoms with E-state index in [1.165, 1.54) is 30.1 Å². The van der Waals surface area contributed by atoms with Crippen LogP contribution in [-0.2, 0) is 4.79 Å². The van der Waals surface area contributed by atoms with E-state index in [1.54, 1.807) is 32.4 Å². The van der Waals surface area contributed by atoms with E-state index in [2.05, 4.69) is 20.7 Å². The third-order valence-corrected chi connectivity index (χ3v) is 6.06. The van der Waals surface area contributed by atoms with Gasteiger partial charge in [-0.05, 0) is 48.0 Å². The number of methoxy groups -OCH3 is 2. The van der Waals surface area contributed by atoms with Gasteiger partial charge in [-0.3, -0.25) is 19.5 Å². The summed E-state index contributed by atoms with van der Waals surface area (Å²) >= 11 is 1.21. The molecule has 1 heterocycles. The lowest BCUT2D eigenvalue weighted by molar-refractivity contribution is -0.384. The summed E-state index contributed by atoms with van der Waals surface area (Å²) in [5.41, 5.74) is 4.64. The lowest BCUT2D eigenvalue weighted by Crippen LogP contribution is -2.20. The first-order chi connectivity index (χ1) is 18.0. The molecule has 188 valence electrons. The van der Waals surface area contributed by atoms with Crippen LogP contribution >= 0.6 is 11.8 Å². The molecule has 0 saturated carbocycles. The molecule has 0 unspecified atom stereocenters. The SMILES string of the molecule is COc1ccc(-c2nnc(SCC(=O)N/N=C/c3ccc([N+](=O)[O-])cc3)n2-c2ccccc2)cc1OC. The van der Waals surface area contributed by atoms with E-state index in [0.29, 0.717) is 28.0 Å². The molecule has 4 rings (SSSR count). The fraction of sp³-hybridized carbons (Fsp3) is 0.120. The van der Waals surface area contributed by atoms with Gasteiger partial charge in [-0.1, -0.05) is 30.0 Å². The number of hydrogen-bond acceptors (Lipinski definition) is 9. The van der Waals surface area contributed by atoms with Gasteiger partial charge in [0, 0.05) is 23.4 Å². The summed E-state index contributed by atoms with van der Waals surface area (Å²) in [5, 5.41) is 23.9. The largest absolute Gasteiger partial charge is 0.493 e. The van der Waals surface area contributed by atoms with Crippen molar-refractivity contribution in [2.45, 2.75) is 5.16 Å². The number of para-hydroxylation sites is 1. The number of rotatable bonds is 10. The number of nitrogens with zero attached hydrogens (tertiary/aromatic N) is 5. The molecule has 0 aliphatic carbocycles. The summed E-state index contributed by atoms with van der Waals surface area (Å²) in [4.78, 5) is 22.7. The van der Waals surface area contributed by atoms with E-state index in [4.69, 9.17) is 9.47 Å². The molecule has 0 aliphatic rings. The highest BCUT2D eigenvalue weighted by atomic mass is 32.2. The normalized spacial score (nSPS) is 10.9. The number of benzene rings is 3. The number of hydrogen-bond donors (Lipinski definition) is 1. The zero-order valence-electron chi connectivity index (χ0n) is 19.9. The molecule has 1 amide bonds.